The number of rotatable bonds is 9. The molecule has 0 bridgehead atoms. The molecule has 8 heteroatoms. The Balaban J connectivity index is 1.39. The van der Waals surface area contributed by atoms with Crippen LogP contribution in [0.25, 0.3) is 17.1 Å². The summed E-state index contributed by atoms with van der Waals surface area (Å²) >= 11 is 0. The van der Waals surface area contributed by atoms with Gasteiger partial charge in [-0.05, 0) is 55.0 Å². The number of hydrogen-bond acceptors (Lipinski definition) is 6. The molecular weight excluding hydrogens is 468 g/mol. The van der Waals surface area contributed by atoms with Gasteiger partial charge in [-0.2, -0.15) is 4.98 Å². The molecule has 5 rings (SSSR count). The second kappa shape index (κ2) is 10.8. The number of ether oxygens (including phenoxy) is 2. The molecule has 2 heterocycles. The van der Waals surface area contributed by atoms with Crippen LogP contribution < -0.4 is 14.8 Å². The smallest absolute Gasteiger partial charge is 0.336 e. The molecule has 0 saturated carbocycles. The molecule has 0 fully saturated rings. The molecule has 0 aliphatic heterocycles. The fraction of sp³-hybridized carbons (Fsp3) is 0.138. The summed E-state index contributed by atoms with van der Waals surface area (Å²) in [6, 6.07) is 26.9. The van der Waals surface area contributed by atoms with Gasteiger partial charge >= 0.3 is 6.01 Å². The first kappa shape index (κ1) is 23.9. The van der Waals surface area contributed by atoms with Crippen LogP contribution >= 0.6 is 0 Å². The van der Waals surface area contributed by atoms with E-state index in [9.17, 15) is 4.79 Å². The second-order valence-corrected chi connectivity index (χ2v) is 8.42. The molecule has 5 aromatic rings. The number of methoxy groups -OCH3 is 1. The molecule has 1 N–H and O–H groups in total. The zero-order valence-electron chi connectivity index (χ0n) is 20.5. The molecule has 1 amide bonds. The number of benzene rings is 3. The van der Waals surface area contributed by atoms with E-state index in [1.54, 1.807) is 30.0 Å². The van der Waals surface area contributed by atoms with Crippen LogP contribution in [0.1, 0.15) is 21.7 Å². The van der Waals surface area contributed by atoms with E-state index < -0.39 is 0 Å². The lowest BCUT2D eigenvalue weighted by Gasteiger charge is -2.09. The third-order valence-corrected chi connectivity index (χ3v) is 5.77. The molecule has 0 spiro atoms. The average Bonchev–Trinajstić information content (AvgIpc) is 3.61. The van der Waals surface area contributed by atoms with Crippen molar-refractivity contribution in [3.8, 4) is 28.8 Å². The number of nitrogens with one attached hydrogen (secondary N) is 1. The predicted molar refractivity (Wildman–Crippen MR) is 140 cm³/mol. The largest absolute Gasteiger partial charge is 0.497 e. The number of carbonyl (C=O) groups excluding carboxylic acids is 1. The Morgan fingerprint density at radius 1 is 1.00 bits per heavy atom. The highest BCUT2D eigenvalue weighted by molar-refractivity contribution is 6.02. The minimum Gasteiger partial charge on any atom is -0.497 e. The predicted octanol–water partition coefficient (Wildman–Crippen LogP) is 5.72. The fourth-order valence-electron chi connectivity index (χ4n) is 3.79. The molecule has 0 aliphatic carbocycles. The van der Waals surface area contributed by atoms with Crippen LogP contribution in [0.5, 0.6) is 11.8 Å². The molecule has 0 atom stereocenters. The zero-order chi connectivity index (χ0) is 25.6. The molecule has 2 aromatic heterocycles. The van der Waals surface area contributed by atoms with Crippen LogP contribution in [-0.2, 0) is 6.42 Å². The summed E-state index contributed by atoms with van der Waals surface area (Å²) in [5.74, 6) is 1.35. The maximum absolute atomic E-state index is 12.5. The third kappa shape index (κ3) is 5.70. The Morgan fingerprint density at radius 3 is 2.54 bits per heavy atom. The fourth-order valence-corrected chi connectivity index (χ4v) is 3.79. The van der Waals surface area contributed by atoms with E-state index >= 15 is 0 Å². The van der Waals surface area contributed by atoms with E-state index in [-0.39, 0.29) is 17.7 Å². The number of carbonyl (C=O) groups is 1. The van der Waals surface area contributed by atoms with E-state index in [1.807, 2.05) is 73.7 Å². The minimum atomic E-state index is -0.331. The average molecular weight is 495 g/mol. The molecule has 37 heavy (non-hydrogen) atoms. The van der Waals surface area contributed by atoms with Crippen molar-refractivity contribution in [2.24, 2.45) is 0 Å². The lowest BCUT2D eigenvalue weighted by atomic mass is 10.1. The first-order chi connectivity index (χ1) is 18.1. The number of furan rings is 1. The Hall–Kier alpha value is -4.85. The van der Waals surface area contributed by atoms with Crippen LogP contribution in [0.2, 0.25) is 0 Å². The monoisotopic (exact) mass is 494 g/mol. The first-order valence-electron chi connectivity index (χ1n) is 11.8. The van der Waals surface area contributed by atoms with Gasteiger partial charge in [-0.15, -0.1) is 5.10 Å². The van der Waals surface area contributed by atoms with Crippen molar-refractivity contribution in [3.05, 3.63) is 108 Å². The maximum Gasteiger partial charge on any atom is 0.336 e. The summed E-state index contributed by atoms with van der Waals surface area (Å²) in [5.41, 5.74) is 4.50. The second-order valence-electron chi connectivity index (χ2n) is 8.42. The number of anilines is 1. The summed E-state index contributed by atoms with van der Waals surface area (Å²) in [4.78, 5) is 17.1. The van der Waals surface area contributed by atoms with Crippen LogP contribution in [0, 0.1) is 6.92 Å². The van der Waals surface area contributed by atoms with Gasteiger partial charge in [0.25, 0.3) is 5.91 Å². The first-order valence-corrected chi connectivity index (χ1v) is 11.8. The Bertz CT molecular complexity index is 1470. The molecule has 8 nitrogen and oxygen atoms in total. The highest BCUT2D eigenvalue weighted by Gasteiger charge is 2.16. The van der Waals surface area contributed by atoms with E-state index in [0.717, 1.165) is 28.1 Å². The zero-order valence-corrected chi connectivity index (χ0v) is 20.5. The van der Waals surface area contributed by atoms with E-state index in [2.05, 4.69) is 15.4 Å². The Labute approximate surface area is 214 Å². The van der Waals surface area contributed by atoms with Gasteiger partial charge in [0.1, 0.15) is 5.75 Å². The summed E-state index contributed by atoms with van der Waals surface area (Å²) in [6.07, 6.45) is 2.16. The maximum atomic E-state index is 12.5. The number of aryl methyl sites for hydroxylation is 1. The molecular formula is C29H26N4O4. The van der Waals surface area contributed by atoms with Crippen molar-refractivity contribution in [2.45, 2.75) is 13.3 Å². The van der Waals surface area contributed by atoms with E-state index in [4.69, 9.17) is 13.9 Å². The number of amides is 1. The van der Waals surface area contributed by atoms with Gasteiger partial charge in [0, 0.05) is 17.7 Å². The molecule has 3 aromatic carbocycles. The normalized spacial score (nSPS) is 10.8. The Kier molecular flexibility index (Phi) is 6.98. The van der Waals surface area contributed by atoms with Gasteiger partial charge in [-0.3, -0.25) is 4.79 Å². The molecule has 0 radical (unpaired) electrons. The molecule has 0 unspecified atom stereocenters. The van der Waals surface area contributed by atoms with E-state index in [0.29, 0.717) is 24.5 Å². The van der Waals surface area contributed by atoms with Crippen molar-refractivity contribution in [1.29, 1.82) is 0 Å². The van der Waals surface area contributed by atoms with Crippen molar-refractivity contribution in [2.75, 3.05) is 19.0 Å². The highest BCUT2D eigenvalue weighted by atomic mass is 16.5. The standard InChI is InChI=1S/C29H26N4O4/c1-20-8-12-22(13-9-20)27-31-29(37-18-16-21-10-14-25(35-2)15-11-21)32-33(27)24-6-3-5-23(19-24)30-28(34)26-7-4-17-36-26/h3-15,17,19H,16,18H2,1-2H3,(H,30,34). The molecule has 186 valence electrons. The van der Waals surface area contributed by atoms with Crippen LogP contribution in [0.15, 0.2) is 95.6 Å². The van der Waals surface area contributed by atoms with Crippen molar-refractivity contribution < 1.29 is 18.7 Å². The summed E-state index contributed by atoms with van der Waals surface area (Å²) in [6.45, 7) is 2.45. The summed E-state index contributed by atoms with van der Waals surface area (Å²) in [7, 11) is 1.65. The van der Waals surface area contributed by atoms with Crippen LogP contribution in [-0.4, -0.2) is 34.4 Å². The minimum absolute atomic E-state index is 0.235. The van der Waals surface area contributed by atoms with Gasteiger partial charge in [-0.1, -0.05) is 48.0 Å². The quantitative estimate of drug-likeness (QED) is 0.282. The summed E-state index contributed by atoms with van der Waals surface area (Å²) in [5, 5.41) is 7.49. The highest BCUT2D eigenvalue weighted by Crippen LogP contribution is 2.26. The summed E-state index contributed by atoms with van der Waals surface area (Å²) < 4.78 is 18.1. The van der Waals surface area contributed by atoms with Gasteiger partial charge < -0.3 is 19.2 Å². The Morgan fingerprint density at radius 2 is 1.81 bits per heavy atom. The van der Waals surface area contributed by atoms with Gasteiger partial charge in [0.15, 0.2) is 11.6 Å². The van der Waals surface area contributed by atoms with Crippen LogP contribution in [0.4, 0.5) is 5.69 Å². The lowest BCUT2D eigenvalue weighted by Crippen LogP contribution is -2.11. The van der Waals surface area contributed by atoms with Crippen LogP contribution in [0.3, 0.4) is 0 Å². The number of aromatic nitrogens is 3. The van der Waals surface area contributed by atoms with Crippen molar-refractivity contribution >= 4 is 11.6 Å². The van der Waals surface area contributed by atoms with Crippen molar-refractivity contribution in [1.82, 2.24) is 14.8 Å². The van der Waals surface area contributed by atoms with Gasteiger partial charge in [0.05, 0.1) is 25.7 Å². The lowest BCUT2D eigenvalue weighted by molar-refractivity contribution is 0.0996. The topological polar surface area (TPSA) is 91.4 Å². The molecule has 0 aliphatic rings. The number of hydrogen-bond donors (Lipinski definition) is 1. The van der Waals surface area contributed by atoms with Crippen molar-refractivity contribution in [3.63, 3.8) is 0 Å². The SMILES string of the molecule is COc1ccc(CCOc2nc(-c3ccc(C)cc3)n(-c3cccc(NC(=O)c4ccco4)c3)n2)cc1. The van der Waals surface area contributed by atoms with Gasteiger partial charge in [0.2, 0.25) is 0 Å². The van der Waals surface area contributed by atoms with E-state index in [1.165, 1.54) is 6.26 Å². The molecule has 0 saturated heterocycles. The number of nitrogens with zero attached hydrogens (tertiary/aromatic N) is 3. The third-order valence-electron chi connectivity index (χ3n) is 5.77. The van der Waals surface area contributed by atoms with Gasteiger partial charge in [-0.25, -0.2) is 4.68 Å².